The van der Waals surface area contributed by atoms with Crippen molar-refractivity contribution in [2.45, 2.75) is 6.92 Å². The maximum Gasteiger partial charge on any atom is 0.185 e. The van der Waals surface area contributed by atoms with Crippen LogP contribution in [0, 0.1) is 6.92 Å². The molecule has 0 aliphatic rings. The minimum absolute atomic E-state index is 0.0880. The molecule has 0 aliphatic carbocycles. The highest BCUT2D eigenvalue weighted by Crippen LogP contribution is 2.23. The van der Waals surface area contributed by atoms with Crippen molar-refractivity contribution in [3.05, 3.63) is 88.6 Å². The van der Waals surface area contributed by atoms with Crippen LogP contribution in [0.15, 0.2) is 71.2 Å². The number of allylic oxidation sites excluding steroid dienone is 1. The van der Waals surface area contributed by atoms with Crippen molar-refractivity contribution in [1.29, 1.82) is 0 Å². The fraction of sp³-hybridized carbons (Fsp3) is 0.0500. The van der Waals surface area contributed by atoms with Gasteiger partial charge >= 0.3 is 0 Å². The van der Waals surface area contributed by atoms with Crippen molar-refractivity contribution < 1.29 is 9.21 Å². The summed E-state index contributed by atoms with van der Waals surface area (Å²) in [5.74, 6) is 1.33. The smallest absolute Gasteiger partial charge is 0.185 e. The van der Waals surface area contributed by atoms with E-state index < -0.39 is 0 Å². The molecule has 3 rings (SSSR count). The van der Waals surface area contributed by atoms with Gasteiger partial charge in [-0.1, -0.05) is 41.4 Å². The number of hydrogen-bond acceptors (Lipinski definition) is 2. The van der Waals surface area contributed by atoms with Gasteiger partial charge in [0.2, 0.25) is 0 Å². The monoisotopic (exact) mass is 322 g/mol. The number of ketones is 1. The van der Waals surface area contributed by atoms with Crippen molar-refractivity contribution in [3.63, 3.8) is 0 Å². The summed E-state index contributed by atoms with van der Waals surface area (Å²) >= 11 is 5.82. The first-order valence-corrected chi connectivity index (χ1v) is 7.64. The third kappa shape index (κ3) is 3.79. The average Bonchev–Trinajstić information content (AvgIpc) is 3.03. The van der Waals surface area contributed by atoms with Crippen molar-refractivity contribution in [2.75, 3.05) is 0 Å². The van der Waals surface area contributed by atoms with Crippen LogP contribution in [0.2, 0.25) is 5.02 Å². The highest BCUT2D eigenvalue weighted by atomic mass is 35.5. The molecule has 0 N–H and O–H groups in total. The minimum atomic E-state index is -0.0880. The molecule has 0 amide bonds. The molecule has 0 atom stereocenters. The Bertz CT molecular complexity index is 840. The number of aryl methyl sites for hydroxylation is 1. The standard InChI is InChI=1S/C20H15ClO2/c1-14-2-4-16(5-3-14)20-13-11-18(23-20)10-12-19(22)15-6-8-17(21)9-7-15/h2-13H,1H3. The average molecular weight is 323 g/mol. The molecule has 0 saturated heterocycles. The van der Waals surface area contributed by atoms with Gasteiger partial charge in [0, 0.05) is 16.1 Å². The molecule has 0 aliphatic heterocycles. The van der Waals surface area contributed by atoms with Crippen molar-refractivity contribution in [1.82, 2.24) is 0 Å². The normalized spacial score (nSPS) is 11.0. The Morgan fingerprint density at radius 2 is 1.65 bits per heavy atom. The predicted molar refractivity (Wildman–Crippen MR) is 93.7 cm³/mol. The second-order valence-corrected chi connectivity index (χ2v) is 5.71. The van der Waals surface area contributed by atoms with Crippen molar-refractivity contribution in [2.24, 2.45) is 0 Å². The molecule has 0 spiro atoms. The molecule has 2 aromatic carbocycles. The summed E-state index contributed by atoms with van der Waals surface area (Å²) in [4.78, 5) is 12.1. The van der Waals surface area contributed by atoms with E-state index in [1.807, 2.05) is 43.3 Å². The number of rotatable bonds is 4. The van der Waals surface area contributed by atoms with E-state index >= 15 is 0 Å². The van der Waals surface area contributed by atoms with Crippen LogP contribution in [-0.4, -0.2) is 5.78 Å². The molecule has 23 heavy (non-hydrogen) atoms. The van der Waals surface area contributed by atoms with Crippen LogP contribution < -0.4 is 0 Å². The van der Waals surface area contributed by atoms with Crippen molar-refractivity contribution >= 4 is 23.5 Å². The maximum absolute atomic E-state index is 12.1. The Kier molecular flexibility index (Phi) is 4.45. The molecular formula is C20H15ClO2. The predicted octanol–water partition coefficient (Wildman–Crippen LogP) is 5.80. The minimum Gasteiger partial charge on any atom is -0.457 e. The topological polar surface area (TPSA) is 30.2 Å². The second-order valence-electron chi connectivity index (χ2n) is 5.27. The van der Waals surface area contributed by atoms with Gasteiger partial charge in [-0.05, 0) is 55.5 Å². The maximum atomic E-state index is 12.1. The third-order valence-electron chi connectivity index (χ3n) is 3.49. The number of hydrogen-bond donors (Lipinski definition) is 0. The summed E-state index contributed by atoms with van der Waals surface area (Å²) in [7, 11) is 0. The van der Waals surface area contributed by atoms with Crippen LogP contribution in [0.5, 0.6) is 0 Å². The first kappa shape index (κ1) is 15.3. The van der Waals surface area contributed by atoms with Crippen LogP contribution in [0.4, 0.5) is 0 Å². The van der Waals surface area contributed by atoms with Gasteiger partial charge in [-0.25, -0.2) is 0 Å². The Balaban J connectivity index is 1.74. The first-order chi connectivity index (χ1) is 11.1. The van der Waals surface area contributed by atoms with Crippen LogP contribution in [0.1, 0.15) is 21.7 Å². The van der Waals surface area contributed by atoms with Crippen LogP contribution in [0.3, 0.4) is 0 Å². The molecule has 3 heteroatoms. The molecule has 0 saturated carbocycles. The lowest BCUT2D eigenvalue weighted by atomic mass is 10.1. The number of furan rings is 1. The Hall–Kier alpha value is -2.58. The lowest BCUT2D eigenvalue weighted by Crippen LogP contribution is -1.92. The molecule has 0 bridgehead atoms. The van der Waals surface area contributed by atoms with Crippen molar-refractivity contribution in [3.8, 4) is 11.3 Å². The molecule has 0 radical (unpaired) electrons. The van der Waals surface area contributed by atoms with Gasteiger partial charge in [0.25, 0.3) is 0 Å². The van der Waals surface area contributed by atoms with Gasteiger partial charge in [-0.3, -0.25) is 4.79 Å². The Morgan fingerprint density at radius 1 is 0.957 bits per heavy atom. The van der Waals surface area contributed by atoms with E-state index in [1.165, 1.54) is 11.6 Å². The van der Waals surface area contributed by atoms with Crippen LogP contribution in [-0.2, 0) is 0 Å². The summed E-state index contributed by atoms with van der Waals surface area (Å²) < 4.78 is 5.75. The fourth-order valence-electron chi connectivity index (χ4n) is 2.18. The summed E-state index contributed by atoms with van der Waals surface area (Å²) in [6.07, 6.45) is 3.18. The van der Waals surface area contributed by atoms with Gasteiger partial charge in [0.05, 0.1) is 0 Å². The number of benzene rings is 2. The van der Waals surface area contributed by atoms with E-state index in [9.17, 15) is 4.79 Å². The summed E-state index contributed by atoms with van der Waals surface area (Å²) in [5.41, 5.74) is 2.81. The fourth-order valence-corrected chi connectivity index (χ4v) is 2.31. The zero-order valence-corrected chi connectivity index (χ0v) is 13.4. The zero-order chi connectivity index (χ0) is 16.2. The molecule has 114 valence electrons. The Morgan fingerprint density at radius 3 is 2.35 bits per heavy atom. The van der Waals surface area contributed by atoms with E-state index in [2.05, 4.69) is 0 Å². The number of halogens is 1. The lowest BCUT2D eigenvalue weighted by molar-refractivity contribution is 0.104. The van der Waals surface area contributed by atoms with Gasteiger partial charge in [0.15, 0.2) is 5.78 Å². The quantitative estimate of drug-likeness (QED) is 0.448. The van der Waals surface area contributed by atoms with Crippen LogP contribution >= 0.6 is 11.6 Å². The highest BCUT2D eigenvalue weighted by Gasteiger charge is 2.04. The molecule has 3 aromatic rings. The lowest BCUT2D eigenvalue weighted by Gasteiger charge is -1.97. The molecule has 1 aromatic heterocycles. The summed E-state index contributed by atoms with van der Waals surface area (Å²) in [6, 6.07) is 18.7. The molecule has 2 nitrogen and oxygen atoms in total. The summed E-state index contributed by atoms with van der Waals surface area (Å²) in [5, 5.41) is 0.610. The number of carbonyl (C=O) groups is 1. The van der Waals surface area contributed by atoms with E-state index in [-0.39, 0.29) is 5.78 Å². The molecule has 0 unspecified atom stereocenters. The molecule has 0 fully saturated rings. The van der Waals surface area contributed by atoms with Gasteiger partial charge in [-0.2, -0.15) is 0 Å². The Labute approximate surface area is 140 Å². The van der Waals surface area contributed by atoms with E-state index in [0.717, 1.165) is 11.3 Å². The van der Waals surface area contributed by atoms with E-state index in [4.69, 9.17) is 16.0 Å². The van der Waals surface area contributed by atoms with Gasteiger partial charge < -0.3 is 4.42 Å². The van der Waals surface area contributed by atoms with Gasteiger partial charge in [-0.15, -0.1) is 0 Å². The third-order valence-corrected chi connectivity index (χ3v) is 3.74. The zero-order valence-electron chi connectivity index (χ0n) is 12.6. The molecule has 1 heterocycles. The highest BCUT2D eigenvalue weighted by molar-refractivity contribution is 6.30. The van der Waals surface area contributed by atoms with Gasteiger partial charge in [0.1, 0.15) is 11.5 Å². The van der Waals surface area contributed by atoms with E-state index in [1.54, 1.807) is 30.3 Å². The first-order valence-electron chi connectivity index (χ1n) is 7.27. The van der Waals surface area contributed by atoms with E-state index in [0.29, 0.717) is 16.3 Å². The number of carbonyl (C=O) groups excluding carboxylic acids is 1. The largest absolute Gasteiger partial charge is 0.457 e. The van der Waals surface area contributed by atoms with Crippen LogP contribution in [0.25, 0.3) is 17.4 Å². The molecular weight excluding hydrogens is 308 g/mol. The SMILES string of the molecule is Cc1ccc(-c2ccc(C=CC(=O)c3ccc(Cl)cc3)o2)cc1. The summed E-state index contributed by atoms with van der Waals surface area (Å²) in [6.45, 7) is 2.04. The second kappa shape index (κ2) is 6.67.